The Morgan fingerprint density at radius 3 is 2.30 bits per heavy atom. The summed E-state index contributed by atoms with van der Waals surface area (Å²) in [5.41, 5.74) is 3.05. The third-order valence-electron chi connectivity index (χ3n) is 4.02. The van der Waals surface area contributed by atoms with Crippen LogP contribution in [0.1, 0.15) is 56.4 Å². The van der Waals surface area contributed by atoms with Crippen molar-refractivity contribution in [2.75, 3.05) is 7.11 Å². The van der Waals surface area contributed by atoms with Gasteiger partial charge in [0.2, 0.25) is 0 Å². The van der Waals surface area contributed by atoms with Crippen LogP contribution in [0, 0.1) is 19.8 Å². The molecule has 0 aliphatic carbocycles. The van der Waals surface area contributed by atoms with E-state index >= 15 is 0 Å². The van der Waals surface area contributed by atoms with Crippen LogP contribution in [-0.2, 0) is 6.42 Å². The Morgan fingerprint density at radius 2 is 1.80 bits per heavy atom. The van der Waals surface area contributed by atoms with E-state index in [2.05, 4.69) is 18.8 Å². The van der Waals surface area contributed by atoms with Crippen molar-refractivity contribution in [3.63, 3.8) is 0 Å². The average molecular weight is 279 g/mol. The fourth-order valence-electron chi connectivity index (χ4n) is 2.91. The molecule has 0 radical (unpaired) electrons. The molecule has 0 saturated carbocycles. The maximum absolute atomic E-state index is 10.5. The van der Waals surface area contributed by atoms with Gasteiger partial charge in [-0.2, -0.15) is 0 Å². The molecule has 1 aromatic heterocycles. The lowest BCUT2D eigenvalue weighted by Gasteiger charge is -2.23. The van der Waals surface area contributed by atoms with Crippen LogP contribution in [0.2, 0.25) is 0 Å². The van der Waals surface area contributed by atoms with Crippen LogP contribution in [0.25, 0.3) is 0 Å². The normalized spacial score (nSPS) is 12.8. The quantitative estimate of drug-likeness (QED) is 0.786. The first-order valence-corrected chi connectivity index (χ1v) is 7.72. The van der Waals surface area contributed by atoms with Gasteiger partial charge in [0, 0.05) is 29.4 Å². The number of nitrogens with zero attached hydrogens (tertiary/aromatic N) is 1. The maximum atomic E-state index is 10.5. The number of aliphatic hydroxyl groups excluding tert-OH is 1. The number of aliphatic hydroxyl groups is 1. The third-order valence-corrected chi connectivity index (χ3v) is 4.02. The molecular formula is C17H29NO2. The van der Waals surface area contributed by atoms with Crippen molar-refractivity contribution in [1.29, 1.82) is 0 Å². The Kier molecular flexibility index (Phi) is 7.00. The monoisotopic (exact) mass is 279 g/mol. The number of rotatable bonds is 8. The smallest absolute Gasteiger partial charge is 0.128 e. The van der Waals surface area contributed by atoms with E-state index in [4.69, 9.17) is 4.74 Å². The Morgan fingerprint density at radius 1 is 1.20 bits per heavy atom. The highest BCUT2D eigenvalue weighted by molar-refractivity contribution is 5.41. The minimum absolute atomic E-state index is 0.312. The zero-order valence-electron chi connectivity index (χ0n) is 13.6. The molecule has 1 heterocycles. The molecule has 0 amide bonds. The Hall–Kier alpha value is -1.09. The van der Waals surface area contributed by atoms with Crippen LogP contribution in [0.4, 0.5) is 0 Å². The average Bonchev–Trinajstić information content (AvgIpc) is 2.42. The minimum atomic E-state index is -0.312. The van der Waals surface area contributed by atoms with Gasteiger partial charge in [-0.3, -0.25) is 4.98 Å². The van der Waals surface area contributed by atoms with Crippen molar-refractivity contribution in [3.8, 4) is 5.75 Å². The van der Waals surface area contributed by atoms with Crippen LogP contribution in [0.5, 0.6) is 5.75 Å². The van der Waals surface area contributed by atoms with Gasteiger partial charge in [-0.25, -0.2) is 0 Å². The van der Waals surface area contributed by atoms with Crippen LogP contribution in [0.15, 0.2) is 6.20 Å². The number of aromatic nitrogens is 1. The van der Waals surface area contributed by atoms with E-state index in [0.29, 0.717) is 12.3 Å². The number of hydrogen-bond donors (Lipinski definition) is 1. The van der Waals surface area contributed by atoms with Gasteiger partial charge < -0.3 is 9.84 Å². The second-order valence-corrected chi connectivity index (χ2v) is 5.66. The van der Waals surface area contributed by atoms with Gasteiger partial charge in [0.15, 0.2) is 0 Å². The molecule has 0 aromatic carbocycles. The topological polar surface area (TPSA) is 42.4 Å². The molecule has 20 heavy (non-hydrogen) atoms. The van der Waals surface area contributed by atoms with E-state index in [0.717, 1.165) is 48.3 Å². The SMILES string of the molecule is CCCC(CCC)C(O)Cc1ncc(C)c(OC)c1C. The van der Waals surface area contributed by atoms with E-state index in [9.17, 15) is 5.11 Å². The molecule has 3 nitrogen and oxygen atoms in total. The predicted octanol–water partition coefficient (Wildman–Crippen LogP) is 3.83. The molecular weight excluding hydrogens is 250 g/mol. The van der Waals surface area contributed by atoms with Crippen LogP contribution < -0.4 is 4.74 Å². The molecule has 1 aromatic rings. The van der Waals surface area contributed by atoms with Gasteiger partial charge in [0.1, 0.15) is 5.75 Å². The largest absolute Gasteiger partial charge is 0.496 e. The zero-order valence-corrected chi connectivity index (χ0v) is 13.6. The predicted molar refractivity (Wildman–Crippen MR) is 83.3 cm³/mol. The highest BCUT2D eigenvalue weighted by Gasteiger charge is 2.20. The van der Waals surface area contributed by atoms with Crippen molar-refractivity contribution in [2.45, 2.75) is 65.9 Å². The summed E-state index contributed by atoms with van der Waals surface area (Å²) < 4.78 is 5.43. The van der Waals surface area contributed by atoms with E-state index < -0.39 is 0 Å². The Labute approximate surface area is 123 Å². The van der Waals surface area contributed by atoms with Gasteiger partial charge in [-0.15, -0.1) is 0 Å². The molecule has 0 spiro atoms. The molecule has 114 valence electrons. The van der Waals surface area contributed by atoms with Crippen molar-refractivity contribution >= 4 is 0 Å². The summed E-state index contributed by atoms with van der Waals surface area (Å²) in [6.07, 6.45) is 6.54. The highest BCUT2D eigenvalue weighted by Crippen LogP contribution is 2.27. The zero-order chi connectivity index (χ0) is 15.1. The summed E-state index contributed by atoms with van der Waals surface area (Å²) in [7, 11) is 1.69. The first-order chi connectivity index (χ1) is 9.54. The second kappa shape index (κ2) is 8.25. The Balaban J connectivity index is 2.86. The number of hydrogen-bond acceptors (Lipinski definition) is 3. The van der Waals surface area contributed by atoms with E-state index in [1.165, 1.54) is 0 Å². The lowest BCUT2D eigenvalue weighted by atomic mass is 9.89. The highest BCUT2D eigenvalue weighted by atomic mass is 16.5. The molecule has 1 unspecified atom stereocenters. The molecule has 0 aliphatic heterocycles. The second-order valence-electron chi connectivity index (χ2n) is 5.66. The fourth-order valence-corrected chi connectivity index (χ4v) is 2.91. The Bertz CT molecular complexity index is 412. The van der Waals surface area contributed by atoms with Crippen molar-refractivity contribution < 1.29 is 9.84 Å². The number of aryl methyl sites for hydroxylation is 1. The van der Waals surface area contributed by atoms with E-state index in [1.807, 2.05) is 20.0 Å². The molecule has 3 heteroatoms. The van der Waals surface area contributed by atoms with E-state index in [1.54, 1.807) is 7.11 Å². The first kappa shape index (κ1) is 17.0. The van der Waals surface area contributed by atoms with Crippen LogP contribution in [-0.4, -0.2) is 23.3 Å². The van der Waals surface area contributed by atoms with Gasteiger partial charge in [0.05, 0.1) is 13.2 Å². The van der Waals surface area contributed by atoms with Gasteiger partial charge in [-0.1, -0.05) is 26.7 Å². The molecule has 0 bridgehead atoms. The van der Waals surface area contributed by atoms with Crippen LogP contribution >= 0.6 is 0 Å². The summed E-state index contributed by atoms with van der Waals surface area (Å²) in [5, 5.41) is 10.5. The molecule has 1 rings (SSSR count). The van der Waals surface area contributed by atoms with E-state index in [-0.39, 0.29) is 6.10 Å². The molecule has 0 saturated heterocycles. The summed E-state index contributed by atoms with van der Waals surface area (Å²) in [5.74, 6) is 1.27. The molecule has 0 fully saturated rings. The van der Waals surface area contributed by atoms with Crippen molar-refractivity contribution in [2.24, 2.45) is 5.92 Å². The molecule has 1 N–H and O–H groups in total. The van der Waals surface area contributed by atoms with Crippen molar-refractivity contribution in [3.05, 3.63) is 23.0 Å². The fraction of sp³-hybridized carbons (Fsp3) is 0.706. The van der Waals surface area contributed by atoms with Crippen molar-refractivity contribution in [1.82, 2.24) is 4.98 Å². The number of pyridine rings is 1. The first-order valence-electron chi connectivity index (χ1n) is 7.72. The summed E-state index contributed by atoms with van der Waals surface area (Å²) in [6, 6.07) is 0. The summed E-state index contributed by atoms with van der Waals surface area (Å²) in [4.78, 5) is 4.49. The van der Waals surface area contributed by atoms with Gasteiger partial charge in [-0.05, 0) is 32.6 Å². The number of ether oxygens (including phenoxy) is 1. The molecule has 0 aliphatic rings. The van der Waals surface area contributed by atoms with Crippen LogP contribution in [0.3, 0.4) is 0 Å². The van der Waals surface area contributed by atoms with Gasteiger partial charge >= 0.3 is 0 Å². The van der Waals surface area contributed by atoms with Gasteiger partial charge in [0.25, 0.3) is 0 Å². The summed E-state index contributed by atoms with van der Waals surface area (Å²) in [6.45, 7) is 8.37. The minimum Gasteiger partial charge on any atom is -0.496 e. The molecule has 1 atom stereocenters. The lowest BCUT2D eigenvalue weighted by molar-refractivity contribution is 0.0952. The summed E-state index contributed by atoms with van der Waals surface area (Å²) >= 11 is 0. The maximum Gasteiger partial charge on any atom is 0.128 e. The number of methoxy groups -OCH3 is 1. The standard InChI is InChI=1S/C17H29NO2/c1-6-8-14(9-7-2)16(19)10-15-13(4)17(20-5)12(3)11-18-15/h11,14,16,19H,6-10H2,1-5H3. The third kappa shape index (κ3) is 4.20. The lowest BCUT2D eigenvalue weighted by Crippen LogP contribution is -2.24.